The Morgan fingerprint density at radius 3 is 2.48 bits per heavy atom. The Kier molecular flexibility index (Phi) is 11.4. The molecule has 0 saturated heterocycles. The summed E-state index contributed by atoms with van der Waals surface area (Å²) < 4.78 is 18.5. The number of benzene rings is 1. The topological polar surface area (TPSA) is 45.7 Å². The van der Waals surface area contributed by atoms with Crippen LogP contribution in [0.3, 0.4) is 0 Å². The minimum absolute atomic E-state index is 0. The van der Waals surface area contributed by atoms with E-state index in [4.69, 9.17) is 4.74 Å². The fraction of sp³-hybridized carbons (Fsp3) is 0.562. The Morgan fingerprint density at radius 1 is 1.26 bits per heavy atom. The molecule has 0 atom stereocenters. The standard InChI is InChI=1S/C16H26FN3OS.HI/c1-16(2,22-4)12-20-15(18-3)19-10-5-11-21-14-8-6-13(17)7-9-14;/h6-9H,5,10-12H2,1-4H3,(H2,18,19,20);1H. The summed E-state index contributed by atoms with van der Waals surface area (Å²) in [6.07, 6.45) is 2.94. The molecule has 0 spiro atoms. The molecule has 0 aliphatic rings. The van der Waals surface area contributed by atoms with Gasteiger partial charge in [0.05, 0.1) is 6.61 Å². The molecule has 132 valence electrons. The minimum atomic E-state index is -0.253. The number of hydrogen-bond acceptors (Lipinski definition) is 3. The Bertz CT molecular complexity index is 469. The Hall–Kier alpha value is -0.700. The lowest BCUT2D eigenvalue weighted by Crippen LogP contribution is -2.43. The van der Waals surface area contributed by atoms with E-state index >= 15 is 0 Å². The number of rotatable bonds is 8. The maximum atomic E-state index is 12.8. The van der Waals surface area contributed by atoms with E-state index in [0.717, 1.165) is 25.5 Å². The van der Waals surface area contributed by atoms with E-state index in [0.29, 0.717) is 12.4 Å². The summed E-state index contributed by atoms with van der Waals surface area (Å²) in [5.41, 5.74) is 0. The van der Waals surface area contributed by atoms with Gasteiger partial charge in [-0.1, -0.05) is 0 Å². The molecule has 0 radical (unpaired) electrons. The van der Waals surface area contributed by atoms with Crippen molar-refractivity contribution in [1.29, 1.82) is 0 Å². The Balaban J connectivity index is 0.00000484. The predicted octanol–water partition coefficient (Wildman–Crippen LogP) is 3.52. The summed E-state index contributed by atoms with van der Waals surface area (Å²) in [5.74, 6) is 1.23. The van der Waals surface area contributed by atoms with Crippen molar-refractivity contribution in [3.05, 3.63) is 30.1 Å². The number of aliphatic imine (C=N–C) groups is 1. The second-order valence-electron chi connectivity index (χ2n) is 5.47. The van der Waals surface area contributed by atoms with E-state index in [9.17, 15) is 4.39 Å². The van der Waals surface area contributed by atoms with Crippen molar-refractivity contribution >= 4 is 41.7 Å². The summed E-state index contributed by atoms with van der Waals surface area (Å²) in [4.78, 5) is 4.19. The second-order valence-corrected chi connectivity index (χ2v) is 6.99. The normalized spacial score (nSPS) is 11.6. The number of ether oxygens (including phenoxy) is 1. The number of hydrogen-bond donors (Lipinski definition) is 2. The SMILES string of the molecule is CN=C(NCCCOc1ccc(F)cc1)NCC(C)(C)SC.I. The summed E-state index contributed by atoms with van der Waals surface area (Å²) in [6.45, 7) is 6.56. The summed E-state index contributed by atoms with van der Waals surface area (Å²) in [7, 11) is 1.76. The third kappa shape index (κ3) is 9.91. The van der Waals surface area contributed by atoms with Gasteiger partial charge in [-0.2, -0.15) is 11.8 Å². The first kappa shape index (κ1) is 22.3. The molecule has 0 heterocycles. The molecule has 0 bridgehead atoms. The summed E-state index contributed by atoms with van der Waals surface area (Å²) >= 11 is 1.82. The van der Waals surface area contributed by atoms with Crippen molar-refractivity contribution in [2.75, 3.05) is 33.0 Å². The van der Waals surface area contributed by atoms with Crippen LogP contribution in [0, 0.1) is 5.82 Å². The maximum Gasteiger partial charge on any atom is 0.191 e. The van der Waals surface area contributed by atoms with Crippen LogP contribution in [0.15, 0.2) is 29.3 Å². The molecule has 0 fully saturated rings. The van der Waals surface area contributed by atoms with Crippen LogP contribution in [0.5, 0.6) is 5.75 Å². The molecule has 0 unspecified atom stereocenters. The van der Waals surface area contributed by atoms with Crippen LogP contribution in [-0.2, 0) is 0 Å². The maximum absolute atomic E-state index is 12.8. The van der Waals surface area contributed by atoms with Gasteiger partial charge in [-0.3, -0.25) is 4.99 Å². The van der Waals surface area contributed by atoms with Crippen LogP contribution in [0.2, 0.25) is 0 Å². The van der Waals surface area contributed by atoms with Gasteiger partial charge in [0.25, 0.3) is 0 Å². The molecule has 1 rings (SSSR count). The highest BCUT2D eigenvalue weighted by Gasteiger charge is 2.15. The van der Waals surface area contributed by atoms with Crippen molar-refractivity contribution in [3.8, 4) is 5.75 Å². The van der Waals surface area contributed by atoms with E-state index in [1.165, 1.54) is 12.1 Å². The van der Waals surface area contributed by atoms with E-state index < -0.39 is 0 Å². The lowest BCUT2D eigenvalue weighted by Gasteiger charge is -2.23. The zero-order valence-corrected chi connectivity index (χ0v) is 17.3. The van der Waals surface area contributed by atoms with E-state index in [1.54, 1.807) is 19.2 Å². The van der Waals surface area contributed by atoms with Crippen molar-refractivity contribution in [3.63, 3.8) is 0 Å². The third-order valence-electron chi connectivity index (χ3n) is 3.15. The van der Waals surface area contributed by atoms with Crippen LogP contribution in [0.25, 0.3) is 0 Å². The third-order valence-corrected chi connectivity index (χ3v) is 4.40. The average Bonchev–Trinajstić information content (AvgIpc) is 2.51. The first-order valence-corrected chi connectivity index (χ1v) is 8.57. The molecule has 4 nitrogen and oxygen atoms in total. The van der Waals surface area contributed by atoms with Gasteiger partial charge < -0.3 is 15.4 Å². The number of thioether (sulfide) groups is 1. The summed E-state index contributed by atoms with van der Waals surface area (Å²) in [6, 6.07) is 6.06. The van der Waals surface area contributed by atoms with E-state index in [2.05, 4.69) is 35.7 Å². The molecular formula is C16H27FIN3OS. The molecule has 7 heteroatoms. The van der Waals surface area contributed by atoms with Crippen LogP contribution >= 0.6 is 35.7 Å². The highest BCUT2D eigenvalue weighted by molar-refractivity contribution is 14.0. The number of nitrogens with one attached hydrogen (secondary N) is 2. The number of nitrogens with zero attached hydrogens (tertiary/aromatic N) is 1. The predicted molar refractivity (Wildman–Crippen MR) is 109 cm³/mol. The van der Waals surface area contributed by atoms with Gasteiger partial charge >= 0.3 is 0 Å². The van der Waals surface area contributed by atoms with Crippen molar-refractivity contribution in [2.24, 2.45) is 4.99 Å². The van der Waals surface area contributed by atoms with Gasteiger partial charge in [-0.05, 0) is 50.8 Å². The monoisotopic (exact) mass is 455 g/mol. The number of guanidine groups is 1. The minimum Gasteiger partial charge on any atom is -0.494 e. The van der Waals surface area contributed by atoms with Crippen LogP contribution in [0.4, 0.5) is 4.39 Å². The van der Waals surface area contributed by atoms with E-state index in [-0.39, 0.29) is 34.5 Å². The molecule has 1 aromatic carbocycles. The molecule has 0 aliphatic carbocycles. The van der Waals surface area contributed by atoms with Crippen molar-refractivity contribution in [1.82, 2.24) is 10.6 Å². The fourth-order valence-electron chi connectivity index (χ4n) is 1.59. The molecule has 0 aromatic heterocycles. The smallest absolute Gasteiger partial charge is 0.191 e. The highest BCUT2D eigenvalue weighted by atomic mass is 127. The van der Waals surface area contributed by atoms with Gasteiger partial charge in [-0.15, -0.1) is 24.0 Å². The molecule has 0 amide bonds. The summed E-state index contributed by atoms with van der Waals surface area (Å²) in [5, 5.41) is 6.56. The van der Waals surface area contributed by atoms with Gasteiger partial charge in [0.2, 0.25) is 0 Å². The van der Waals surface area contributed by atoms with Gasteiger partial charge in [0.15, 0.2) is 5.96 Å². The molecular weight excluding hydrogens is 428 g/mol. The first-order chi connectivity index (χ1) is 10.5. The fourth-order valence-corrected chi connectivity index (χ4v) is 1.81. The van der Waals surface area contributed by atoms with Crippen LogP contribution in [0.1, 0.15) is 20.3 Å². The second kappa shape index (κ2) is 11.8. The lowest BCUT2D eigenvalue weighted by atomic mass is 10.2. The Labute approximate surface area is 160 Å². The molecule has 23 heavy (non-hydrogen) atoms. The van der Waals surface area contributed by atoms with Gasteiger partial charge in [-0.25, -0.2) is 4.39 Å². The quantitative estimate of drug-likeness (QED) is 0.273. The molecule has 1 aromatic rings. The zero-order chi connectivity index (χ0) is 16.4. The average molecular weight is 455 g/mol. The lowest BCUT2D eigenvalue weighted by molar-refractivity contribution is 0.310. The zero-order valence-electron chi connectivity index (χ0n) is 14.2. The van der Waals surface area contributed by atoms with Crippen LogP contribution < -0.4 is 15.4 Å². The largest absolute Gasteiger partial charge is 0.494 e. The van der Waals surface area contributed by atoms with Crippen molar-refractivity contribution < 1.29 is 9.13 Å². The van der Waals surface area contributed by atoms with Crippen molar-refractivity contribution in [2.45, 2.75) is 25.0 Å². The van der Waals surface area contributed by atoms with Gasteiger partial charge in [0, 0.05) is 24.9 Å². The molecule has 2 N–H and O–H groups in total. The molecule has 0 saturated carbocycles. The molecule has 0 aliphatic heterocycles. The Morgan fingerprint density at radius 2 is 1.91 bits per heavy atom. The van der Waals surface area contributed by atoms with E-state index in [1.807, 2.05) is 11.8 Å². The van der Waals surface area contributed by atoms with Gasteiger partial charge in [0.1, 0.15) is 11.6 Å². The highest BCUT2D eigenvalue weighted by Crippen LogP contribution is 2.19. The van der Waals surface area contributed by atoms with Crippen LogP contribution in [-0.4, -0.2) is 43.7 Å². The first-order valence-electron chi connectivity index (χ1n) is 7.35. The number of halogens is 2.